The highest BCUT2D eigenvalue weighted by Gasteiger charge is 2.20. The summed E-state index contributed by atoms with van der Waals surface area (Å²) in [6.45, 7) is 5.67. The van der Waals surface area contributed by atoms with Gasteiger partial charge < -0.3 is 10.5 Å². The van der Waals surface area contributed by atoms with Gasteiger partial charge in [0.1, 0.15) is 5.75 Å². The monoisotopic (exact) mass is 349 g/mol. The Labute approximate surface area is 133 Å². The van der Waals surface area contributed by atoms with E-state index >= 15 is 0 Å². The van der Waals surface area contributed by atoms with E-state index < -0.39 is 0 Å². The summed E-state index contributed by atoms with van der Waals surface area (Å²) in [4.78, 5) is 0. The smallest absolute Gasteiger partial charge is 0.127 e. The Morgan fingerprint density at radius 3 is 2.86 bits per heavy atom. The molecule has 2 aromatic rings. The van der Waals surface area contributed by atoms with Gasteiger partial charge in [-0.3, -0.25) is 4.68 Å². The molecule has 0 radical (unpaired) electrons. The summed E-state index contributed by atoms with van der Waals surface area (Å²) in [6, 6.07) is 4.26. The standard InChI is InChI=1S/C16H20BrN3O/c1-3-13-15(18)14(4-2)20(19-13)9-11-8-12(17)7-10-5-6-21-16(10)11/h7-8H,3-6,9,18H2,1-2H3. The minimum Gasteiger partial charge on any atom is -0.493 e. The number of nitrogen functional groups attached to an aromatic ring is 1. The van der Waals surface area contributed by atoms with E-state index in [1.54, 1.807) is 0 Å². The molecule has 0 amide bonds. The maximum Gasteiger partial charge on any atom is 0.127 e. The van der Waals surface area contributed by atoms with Crippen LogP contribution in [0.25, 0.3) is 0 Å². The molecule has 0 atom stereocenters. The van der Waals surface area contributed by atoms with Gasteiger partial charge >= 0.3 is 0 Å². The van der Waals surface area contributed by atoms with Crippen LogP contribution in [0.4, 0.5) is 5.69 Å². The summed E-state index contributed by atoms with van der Waals surface area (Å²) >= 11 is 3.59. The highest BCUT2D eigenvalue weighted by molar-refractivity contribution is 9.10. The number of halogens is 1. The number of aryl methyl sites for hydroxylation is 1. The van der Waals surface area contributed by atoms with Gasteiger partial charge in [-0.2, -0.15) is 5.10 Å². The first-order valence-corrected chi connectivity index (χ1v) is 8.21. The van der Waals surface area contributed by atoms with Gasteiger partial charge in [-0.1, -0.05) is 29.8 Å². The number of hydrogen-bond donors (Lipinski definition) is 1. The van der Waals surface area contributed by atoms with Crippen molar-refractivity contribution in [1.82, 2.24) is 9.78 Å². The highest BCUT2D eigenvalue weighted by Crippen LogP contribution is 2.34. The normalized spacial score (nSPS) is 13.3. The molecule has 1 aliphatic heterocycles. The van der Waals surface area contributed by atoms with Crippen LogP contribution in [0.1, 0.15) is 36.4 Å². The number of anilines is 1. The Balaban J connectivity index is 2.01. The van der Waals surface area contributed by atoms with E-state index in [9.17, 15) is 0 Å². The lowest BCUT2D eigenvalue weighted by Gasteiger charge is -2.11. The van der Waals surface area contributed by atoms with Gasteiger partial charge in [-0.25, -0.2) is 0 Å². The molecule has 0 fully saturated rings. The van der Waals surface area contributed by atoms with Crippen LogP contribution >= 0.6 is 15.9 Å². The molecule has 21 heavy (non-hydrogen) atoms. The van der Waals surface area contributed by atoms with Gasteiger partial charge in [0.25, 0.3) is 0 Å². The molecule has 112 valence electrons. The van der Waals surface area contributed by atoms with Crippen molar-refractivity contribution in [2.45, 2.75) is 39.7 Å². The van der Waals surface area contributed by atoms with Gasteiger partial charge in [-0.05, 0) is 30.5 Å². The number of nitrogens with zero attached hydrogens (tertiary/aromatic N) is 2. The van der Waals surface area contributed by atoms with Gasteiger partial charge in [0.05, 0.1) is 30.2 Å². The summed E-state index contributed by atoms with van der Waals surface area (Å²) in [6.07, 6.45) is 2.72. The Kier molecular flexibility index (Phi) is 3.93. The van der Waals surface area contributed by atoms with Crippen LogP contribution in [0, 0.1) is 0 Å². The number of hydrogen-bond acceptors (Lipinski definition) is 3. The number of rotatable bonds is 4. The molecule has 0 saturated heterocycles. The topological polar surface area (TPSA) is 53.1 Å². The fraction of sp³-hybridized carbons (Fsp3) is 0.438. The maximum atomic E-state index is 6.20. The molecule has 0 unspecified atom stereocenters. The number of benzene rings is 1. The number of fused-ring (bicyclic) bond motifs is 1. The number of nitrogens with two attached hydrogens (primary N) is 1. The van der Waals surface area contributed by atoms with Crippen molar-refractivity contribution in [3.63, 3.8) is 0 Å². The second kappa shape index (κ2) is 5.72. The molecule has 2 N–H and O–H groups in total. The molecule has 1 aliphatic rings. The fourth-order valence-corrected chi connectivity index (χ4v) is 3.51. The van der Waals surface area contributed by atoms with Gasteiger partial charge in [-0.15, -0.1) is 0 Å². The third kappa shape index (κ3) is 2.55. The summed E-state index contributed by atoms with van der Waals surface area (Å²) in [5.41, 5.74) is 11.6. The lowest BCUT2D eigenvalue weighted by molar-refractivity contribution is 0.352. The van der Waals surface area contributed by atoms with Crippen molar-refractivity contribution < 1.29 is 4.74 Å². The highest BCUT2D eigenvalue weighted by atomic mass is 79.9. The zero-order valence-corrected chi connectivity index (χ0v) is 14.0. The summed E-state index contributed by atoms with van der Waals surface area (Å²) in [7, 11) is 0. The molecule has 3 rings (SSSR count). The third-order valence-electron chi connectivity index (χ3n) is 3.99. The fourth-order valence-electron chi connectivity index (χ4n) is 2.96. The van der Waals surface area contributed by atoms with Crippen molar-refractivity contribution in [2.75, 3.05) is 12.3 Å². The Morgan fingerprint density at radius 2 is 2.14 bits per heavy atom. The first kappa shape index (κ1) is 14.4. The van der Waals surface area contributed by atoms with E-state index in [1.807, 2.05) is 4.68 Å². The average molecular weight is 350 g/mol. The zero-order chi connectivity index (χ0) is 15.0. The van der Waals surface area contributed by atoms with Gasteiger partial charge in [0, 0.05) is 16.5 Å². The van der Waals surface area contributed by atoms with Crippen LogP contribution < -0.4 is 10.5 Å². The van der Waals surface area contributed by atoms with Crippen molar-refractivity contribution in [3.8, 4) is 5.75 Å². The van der Waals surface area contributed by atoms with E-state index in [0.29, 0.717) is 6.54 Å². The number of ether oxygens (including phenoxy) is 1. The predicted octanol–water partition coefficient (Wildman–Crippen LogP) is 3.34. The Bertz CT molecular complexity index is 679. The quantitative estimate of drug-likeness (QED) is 0.920. The van der Waals surface area contributed by atoms with Crippen molar-refractivity contribution >= 4 is 21.6 Å². The van der Waals surface area contributed by atoms with Crippen LogP contribution in [0.5, 0.6) is 5.75 Å². The molecule has 1 aromatic heterocycles. The molecule has 0 saturated carbocycles. The summed E-state index contributed by atoms with van der Waals surface area (Å²) in [5.74, 6) is 1.02. The molecule has 0 spiro atoms. The third-order valence-corrected chi connectivity index (χ3v) is 4.45. The molecule has 4 nitrogen and oxygen atoms in total. The molecule has 0 bridgehead atoms. The van der Waals surface area contributed by atoms with Crippen LogP contribution in [-0.2, 0) is 25.8 Å². The maximum absolute atomic E-state index is 6.20. The molecule has 2 heterocycles. The van der Waals surface area contributed by atoms with E-state index in [-0.39, 0.29) is 0 Å². The van der Waals surface area contributed by atoms with Gasteiger partial charge in [0.15, 0.2) is 0 Å². The predicted molar refractivity (Wildman–Crippen MR) is 87.8 cm³/mol. The van der Waals surface area contributed by atoms with Crippen LogP contribution in [0.15, 0.2) is 16.6 Å². The van der Waals surface area contributed by atoms with Crippen LogP contribution in [0.3, 0.4) is 0 Å². The number of aromatic nitrogens is 2. The van der Waals surface area contributed by atoms with E-state index in [2.05, 4.69) is 47.0 Å². The average Bonchev–Trinajstić information content (AvgIpc) is 3.03. The first-order chi connectivity index (χ1) is 10.1. The van der Waals surface area contributed by atoms with Crippen LogP contribution in [-0.4, -0.2) is 16.4 Å². The van der Waals surface area contributed by atoms with Crippen molar-refractivity contribution in [3.05, 3.63) is 39.1 Å². The van der Waals surface area contributed by atoms with E-state index in [0.717, 1.165) is 58.7 Å². The Morgan fingerprint density at radius 1 is 1.33 bits per heavy atom. The molecule has 0 aliphatic carbocycles. The molecular formula is C16H20BrN3O. The first-order valence-electron chi connectivity index (χ1n) is 7.42. The summed E-state index contributed by atoms with van der Waals surface area (Å²) in [5, 5.41) is 4.67. The largest absolute Gasteiger partial charge is 0.493 e. The SMILES string of the molecule is CCc1nn(Cc2cc(Br)cc3c2OCC3)c(CC)c1N. The van der Waals surface area contributed by atoms with Crippen molar-refractivity contribution in [2.24, 2.45) is 0 Å². The lowest BCUT2D eigenvalue weighted by Crippen LogP contribution is -2.08. The van der Waals surface area contributed by atoms with Gasteiger partial charge in [0.2, 0.25) is 0 Å². The van der Waals surface area contributed by atoms with E-state index in [4.69, 9.17) is 10.5 Å². The van der Waals surface area contributed by atoms with Crippen molar-refractivity contribution in [1.29, 1.82) is 0 Å². The van der Waals surface area contributed by atoms with Crippen LogP contribution in [0.2, 0.25) is 0 Å². The lowest BCUT2D eigenvalue weighted by atomic mass is 10.1. The second-order valence-electron chi connectivity index (χ2n) is 5.32. The molecule has 1 aromatic carbocycles. The van der Waals surface area contributed by atoms with E-state index in [1.165, 1.54) is 5.56 Å². The molecule has 5 heteroatoms. The zero-order valence-electron chi connectivity index (χ0n) is 12.4. The summed E-state index contributed by atoms with van der Waals surface area (Å²) < 4.78 is 8.92. The minimum atomic E-state index is 0.704. The molecular weight excluding hydrogens is 330 g/mol. The second-order valence-corrected chi connectivity index (χ2v) is 6.24. The Hall–Kier alpha value is -1.49. The minimum absolute atomic E-state index is 0.704.